The summed E-state index contributed by atoms with van der Waals surface area (Å²) in [6.45, 7) is 6.08. The first-order valence-electron chi connectivity index (χ1n) is 6.05. The van der Waals surface area contributed by atoms with E-state index < -0.39 is 0 Å². The lowest BCUT2D eigenvalue weighted by Gasteiger charge is -2.15. The zero-order valence-corrected chi connectivity index (χ0v) is 12.3. The van der Waals surface area contributed by atoms with Crippen LogP contribution < -0.4 is 10.6 Å². The number of amides is 1. The molecular formula is C13H19Cl2N2O+. The summed E-state index contributed by atoms with van der Waals surface area (Å²) in [4.78, 5) is 12.0. The first-order chi connectivity index (χ1) is 8.43. The molecule has 3 N–H and O–H groups in total. The zero-order valence-electron chi connectivity index (χ0n) is 10.8. The molecule has 0 fully saturated rings. The number of carbonyl (C=O) groups is 1. The van der Waals surface area contributed by atoms with Crippen LogP contribution in [0.5, 0.6) is 0 Å². The summed E-state index contributed by atoms with van der Waals surface area (Å²) in [7, 11) is 0. The summed E-state index contributed by atoms with van der Waals surface area (Å²) in [5, 5.41) is 5.85. The van der Waals surface area contributed by atoms with Crippen LogP contribution >= 0.6 is 23.2 Å². The van der Waals surface area contributed by atoms with Crippen LogP contribution in [0.25, 0.3) is 0 Å². The van der Waals surface area contributed by atoms with Crippen molar-refractivity contribution in [3.8, 4) is 0 Å². The van der Waals surface area contributed by atoms with Gasteiger partial charge in [-0.15, -0.1) is 0 Å². The van der Waals surface area contributed by atoms with Crippen molar-refractivity contribution in [1.29, 1.82) is 0 Å². The number of halogens is 2. The van der Waals surface area contributed by atoms with Crippen LogP contribution in [0, 0.1) is 0 Å². The zero-order chi connectivity index (χ0) is 13.7. The minimum absolute atomic E-state index is 0.0560. The predicted octanol–water partition coefficient (Wildman–Crippen LogP) is 2.68. The Kier molecular flexibility index (Phi) is 5.93. The summed E-state index contributed by atoms with van der Waals surface area (Å²) in [6, 6.07) is 5.30. The van der Waals surface area contributed by atoms with E-state index in [1.807, 2.05) is 12.2 Å². The van der Waals surface area contributed by atoms with Gasteiger partial charge in [0.05, 0.1) is 16.8 Å². The van der Waals surface area contributed by atoms with Crippen LogP contribution in [-0.4, -0.2) is 18.0 Å². The molecule has 100 valence electrons. The number of hydrogen-bond donors (Lipinski definition) is 2. The third kappa shape index (κ3) is 4.48. The van der Waals surface area contributed by atoms with Gasteiger partial charge in [-0.1, -0.05) is 30.1 Å². The van der Waals surface area contributed by atoms with Crippen LogP contribution in [0.1, 0.15) is 27.2 Å². The molecule has 1 aromatic carbocycles. The van der Waals surface area contributed by atoms with E-state index in [9.17, 15) is 4.79 Å². The number of hydrogen-bond acceptors (Lipinski definition) is 1. The first-order valence-corrected chi connectivity index (χ1v) is 6.80. The molecule has 3 nitrogen and oxygen atoms in total. The lowest BCUT2D eigenvalue weighted by Crippen LogP contribution is -2.95. The minimum atomic E-state index is -0.147. The van der Waals surface area contributed by atoms with Crippen molar-refractivity contribution in [2.24, 2.45) is 0 Å². The molecule has 0 aliphatic rings. The summed E-state index contributed by atoms with van der Waals surface area (Å²) in [6.07, 6.45) is 1.03. The van der Waals surface area contributed by atoms with Crippen LogP contribution in [0.4, 0.5) is 5.69 Å². The molecule has 0 saturated heterocycles. The van der Waals surface area contributed by atoms with E-state index in [1.165, 1.54) is 0 Å². The van der Waals surface area contributed by atoms with E-state index in [-0.39, 0.29) is 11.9 Å². The number of anilines is 1. The van der Waals surface area contributed by atoms with Crippen LogP contribution in [0.3, 0.4) is 0 Å². The van der Waals surface area contributed by atoms with Gasteiger partial charge in [0.25, 0.3) is 5.91 Å². The molecule has 1 rings (SSSR count). The molecule has 18 heavy (non-hydrogen) atoms. The average molecular weight is 290 g/mol. The Morgan fingerprint density at radius 2 is 2.06 bits per heavy atom. The fraction of sp³-hybridized carbons (Fsp3) is 0.462. The number of nitrogens with two attached hydrogens (primary N) is 1. The van der Waals surface area contributed by atoms with Crippen molar-refractivity contribution < 1.29 is 10.1 Å². The van der Waals surface area contributed by atoms with Crippen molar-refractivity contribution in [2.45, 2.75) is 39.3 Å². The molecule has 0 spiro atoms. The lowest BCUT2D eigenvalue weighted by atomic mass is 10.2. The van der Waals surface area contributed by atoms with Gasteiger partial charge in [-0.05, 0) is 38.5 Å². The molecule has 1 aromatic rings. The third-order valence-electron chi connectivity index (χ3n) is 2.86. The molecule has 0 saturated carbocycles. The highest BCUT2D eigenvalue weighted by Crippen LogP contribution is 2.25. The van der Waals surface area contributed by atoms with Gasteiger partial charge in [0.2, 0.25) is 0 Å². The van der Waals surface area contributed by atoms with Crippen molar-refractivity contribution in [3.63, 3.8) is 0 Å². The van der Waals surface area contributed by atoms with Crippen molar-refractivity contribution in [3.05, 3.63) is 28.2 Å². The molecular weight excluding hydrogens is 271 g/mol. The normalized spacial score (nSPS) is 14.1. The number of carbonyl (C=O) groups excluding carboxylic acids is 1. The second kappa shape index (κ2) is 6.98. The molecule has 0 radical (unpaired) electrons. The van der Waals surface area contributed by atoms with Crippen LogP contribution in [-0.2, 0) is 4.79 Å². The van der Waals surface area contributed by atoms with E-state index in [0.717, 1.165) is 6.42 Å². The second-order valence-corrected chi connectivity index (χ2v) is 5.32. The maximum atomic E-state index is 12.0. The monoisotopic (exact) mass is 289 g/mol. The topological polar surface area (TPSA) is 45.7 Å². The molecule has 0 unspecified atom stereocenters. The number of nitrogens with one attached hydrogen (secondary N) is 1. The van der Waals surface area contributed by atoms with E-state index in [0.29, 0.717) is 21.8 Å². The van der Waals surface area contributed by atoms with Crippen molar-refractivity contribution >= 4 is 34.8 Å². The second-order valence-electron chi connectivity index (χ2n) is 4.48. The fourth-order valence-corrected chi connectivity index (χ4v) is 2.01. The van der Waals surface area contributed by atoms with Crippen LogP contribution in [0.2, 0.25) is 10.0 Å². The van der Waals surface area contributed by atoms with Gasteiger partial charge in [0, 0.05) is 5.02 Å². The Labute approximate surface area is 118 Å². The Hall–Kier alpha value is -0.770. The Morgan fingerprint density at radius 1 is 1.39 bits per heavy atom. The quantitative estimate of drug-likeness (QED) is 0.860. The first kappa shape index (κ1) is 15.3. The smallest absolute Gasteiger partial charge is 0.282 e. The summed E-state index contributed by atoms with van der Waals surface area (Å²) >= 11 is 11.8. The van der Waals surface area contributed by atoms with Gasteiger partial charge in [-0.3, -0.25) is 4.79 Å². The maximum absolute atomic E-state index is 12.0. The highest BCUT2D eigenvalue weighted by atomic mass is 35.5. The van der Waals surface area contributed by atoms with Crippen LogP contribution in [0.15, 0.2) is 18.2 Å². The van der Waals surface area contributed by atoms with Gasteiger partial charge in [0.15, 0.2) is 6.04 Å². The van der Waals surface area contributed by atoms with Crippen molar-refractivity contribution in [1.82, 2.24) is 0 Å². The van der Waals surface area contributed by atoms with Gasteiger partial charge in [-0.25, -0.2) is 0 Å². The number of benzene rings is 1. The van der Waals surface area contributed by atoms with E-state index in [1.54, 1.807) is 18.2 Å². The van der Waals surface area contributed by atoms with Gasteiger partial charge < -0.3 is 10.6 Å². The van der Waals surface area contributed by atoms with Gasteiger partial charge in [-0.2, -0.15) is 0 Å². The largest absolute Gasteiger partial charge is 0.334 e. The SMILES string of the molecule is CC[C@H](C)[NH2+][C@@H](C)C(=O)Nc1ccc(Cl)cc1Cl. The Bertz CT molecular complexity index is 423. The van der Waals surface area contributed by atoms with Gasteiger partial charge in [0.1, 0.15) is 0 Å². The van der Waals surface area contributed by atoms with Gasteiger partial charge >= 0.3 is 0 Å². The molecule has 2 atom stereocenters. The van der Waals surface area contributed by atoms with E-state index >= 15 is 0 Å². The molecule has 0 aromatic heterocycles. The molecule has 1 amide bonds. The lowest BCUT2D eigenvalue weighted by molar-refractivity contribution is -0.703. The molecule has 5 heteroatoms. The number of rotatable bonds is 5. The predicted molar refractivity (Wildman–Crippen MR) is 76.2 cm³/mol. The molecule has 0 aliphatic heterocycles. The fourth-order valence-electron chi connectivity index (χ4n) is 1.55. The van der Waals surface area contributed by atoms with E-state index in [2.05, 4.69) is 19.2 Å². The summed E-state index contributed by atoms with van der Waals surface area (Å²) < 4.78 is 0. The minimum Gasteiger partial charge on any atom is -0.334 e. The summed E-state index contributed by atoms with van der Waals surface area (Å²) in [5.41, 5.74) is 0.593. The summed E-state index contributed by atoms with van der Waals surface area (Å²) in [5.74, 6) is -0.0560. The molecule has 0 aliphatic carbocycles. The van der Waals surface area contributed by atoms with Crippen molar-refractivity contribution in [2.75, 3.05) is 5.32 Å². The standard InChI is InChI=1S/C13H18Cl2N2O/c1-4-8(2)16-9(3)13(18)17-12-6-5-10(14)7-11(12)15/h5-9,16H,4H2,1-3H3,(H,17,18)/p+1/t8-,9-/m0/s1. The highest BCUT2D eigenvalue weighted by Gasteiger charge is 2.19. The maximum Gasteiger partial charge on any atom is 0.282 e. The Balaban J connectivity index is 2.64. The molecule has 0 bridgehead atoms. The number of quaternary nitrogens is 1. The Morgan fingerprint density at radius 3 is 2.61 bits per heavy atom. The van der Waals surface area contributed by atoms with E-state index in [4.69, 9.17) is 23.2 Å². The third-order valence-corrected chi connectivity index (χ3v) is 3.41. The highest BCUT2D eigenvalue weighted by molar-refractivity contribution is 6.36. The molecule has 0 heterocycles. The average Bonchev–Trinajstić information content (AvgIpc) is 2.32.